The van der Waals surface area contributed by atoms with E-state index in [1.165, 1.54) is 12.8 Å². The van der Waals surface area contributed by atoms with E-state index in [2.05, 4.69) is 26.0 Å². The molecule has 0 aromatic heterocycles. The van der Waals surface area contributed by atoms with Gasteiger partial charge in [-0.3, -0.25) is 0 Å². The maximum absolute atomic E-state index is 5.87. The molecule has 0 aromatic rings. The zero-order valence-electron chi connectivity index (χ0n) is 9.61. The lowest BCUT2D eigenvalue weighted by atomic mass is 9.76. The molecule has 0 aromatic carbocycles. The van der Waals surface area contributed by atoms with E-state index in [0.717, 1.165) is 25.0 Å². The number of fused-ring (bicyclic) bond motifs is 3. The van der Waals surface area contributed by atoms with Crippen LogP contribution in [0.2, 0.25) is 0 Å². The second kappa shape index (κ2) is 3.33. The van der Waals surface area contributed by atoms with Crippen LogP contribution in [-0.4, -0.2) is 19.5 Å². The monoisotopic (exact) mass is 208 g/mol. The first-order valence-corrected chi connectivity index (χ1v) is 6.11. The van der Waals surface area contributed by atoms with Gasteiger partial charge in [0, 0.05) is 11.3 Å². The Kier molecular flexibility index (Phi) is 2.18. The summed E-state index contributed by atoms with van der Waals surface area (Å²) in [6.45, 7) is 6.12. The first kappa shape index (κ1) is 9.86. The molecule has 1 saturated heterocycles. The Labute approximate surface area is 91.6 Å². The highest BCUT2D eigenvalue weighted by atomic mass is 16.7. The largest absolute Gasteiger partial charge is 0.352 e. The SMILES string of the molecule is CC(C)C1OCC2(CO1)CC1C=CC2C1. The third-order valence-corrected chi connectivity index (χ3v) is 4.24. The summed E-state index contributed by atoms with van der Waals surface area (Å²) in [5.41, 5.74) is 0.324. The van der Waals surface area contributed by atoms with Gasteiger partial charge in [0.1, 0.15) is 0 Å². The summed E-state index contributed by atoms with van der Waals surface area (Å²) in [6, 6.07) is 0. The zero-order valence-corrected chi connectivity index (χ0v) is 9.61. The first-order chi connectivity index (χ1) is 7.20. The van der Waals surface area contributed by atoms with E-state index in [0.29, 0.717) is 11.3 Å². The summed E-state index contributed by atoms with van der Waals surface area (Å²) >= 11 is 0. The van der Waals surface area contributed by atoms with Crippen LogP contribution in [0.4, 0.5) is 0 Å². The average molecular weight is 208 g/mol. The van der Waals surface area contributed by atoms with Crippen LogP contribution in [0.15, 0.2) is 12.2 Å². The molecule has 2 heteroatoms. The molecule has 0 amide bonds. The van der Waals surface area contributed by atoms with Crippen molar-refractivity contribution in [3.05, 3.63) is 12.2 Å². The van der Waals surface area contributed by atoms with E-state index >= 15 is 0 Å². The van der Waals surface area contributed by atoms with Crippen molar-refractivity contribution < 1.29 is 9.47 Å². The van der Waals surface area contributed by atoms with Gasteiger partial charge in [0.15, 0.2) is 6.29 Å². The lowest BCUT2D eigenvalue weighted by Crippen LogP contribution is -2.45. The van der Waals surface area contributed by atoms with Gasteiger partial charge in [0.2, 0.25) is 0 Å². The van der Waals surface area contributed by atoms with Crippen LogP contribution in [0.3, 0.4) is 0 Å². The minimum atomic E-state index is 0.0266. The van der Waals surface area contributed by atoms with Crippen molar-refractivity contribution >= 4 is 0 Å². The lowest BCUT2D eigenvalue weighted by Gasteiger charge is -2.42. The molecule has 2 nitrogen and oxygen atoms in total. The molecule has 1 aliphatic heterocycles. The van der Waals surface area contributed by atoms with Gasteiger partial charge in [-0.25, -0.2) is 0 Å². The summed E-state index contributed by atoms with van der Waals surface area (Å²) in [4.78, 5) is 0. The van der Waals surface area contributed by atoms with Gasteiger partial charge < -0.3 is 9.47 Å². The fourth-order valence-corrected chi connectivity index (χ4v) is 3.36. The molecule has 1 heterocycles. The molecule has 1 saturated carbocycles. The topological polar surface area (TPSA) is 18.5 Å². The van der Waals surface area contributed by atoms with Crippen molar-refractivity contribution in [1.82, 2.24) is 0 Å². The lowest BCUT2D eigenvalue weighted by molar-refractivity contribution is -0.250. The van der Waals surface area contributed by atoms with Crippen LogP contribution in [-0.2, 0) is 9.47 Å². The molecule has 2 unspecified atom stereocenters. The number of hydrogen-bond donors (Lipinski definition) is 0. The Morgan fingerprint density at radius 2 is 1.93 bits per heavy atom. The fourth-order valence-electron chi connectivity index (χ4n) is 3.36. The van der Waals surface area contributed by atoms with Crippen LogP contribution in [0.1, 0.15) is 26.7 Å². The highest BCUT2D eigenvalue weighted by Gasteiger charge is 2.51. The molecule has 2 fully saturated rings. The van der Waals surface area contributed by atoms with Crippen molar-refractivity contribution in [3.8, 4) is 0 Å². The summed E-state index contributed by atoms with van der Waals surface area (Å²) < 4.78 is 11.7. The minimum Gasteiger partial charge on any atom is -0.352 e. The van der Waals surface area contributed by atoms with Gasteiger partial charge in [-0.05, 0) is 24.7 Å². The van der Waals surface area contributed by atoms with E-state index in [1.54, 1.807) is 0 Å². The maximum atomic E-state index is 5.87. The quantitative estimate of drug-likeness (QED) is 0.617. The summed E-state index contributed by atoms with van der Waals surface area (Å²) in [6.07, 6.45) is 7.40. The van der Waals surface area contributed by atoms with Crippen molar-refractivity contribution in [1.29, 1.82) is 0 Å². The molecular weight excluding hydrogens is 188 g/mol. The molecule has 0 radical (unpaired) electrons. The van der Waals surface area contributed by atoms with Crippen LogP contribution >= 0.6 is 0 Å². The molecule has 0 N–H and O–H groups in total. The molecule has 3 aliphatic rings. The van der Waals surface area contributed by atoms with Crippen LogP contribution in [0.5, 0.6) is 0 Å². The third kappa shape index (κ3) is 1.46. The predicted octanol–water partition coefficient (Wildman–Crippen LogP) is 2.60. The first-order valence-electron chi connectivity index (χ1n) is 6.11. The second-order valence-electron chi connectivity index (χ2n) is 5.79. The Morgan fingerprint density at radius 1 is 1.20 bits per heavy atom. The molecule has 2 atom stereocenters. The van der Waals surface area contributed by atoms with E-state index < -0.39 is 0 Å². The van der Waals surface area contributed by atoms with E-state index in [9.17, 15) is 0 Å². The minimum absolute atomic E-state index is 0.0266. The second-order valence-corrected chi connectivity index (χ2v) is 5.79. The highest BCUT2D eigenvalue weighted by molar-refractivity contribution is 5.16. The fraction of sp³-hybridized carbons (Fsp3) is 0.846. The van der Waals surface area contributed by atoms with E-state index in [1.807, 2.05) is 0 Å². The maximum Gasteiger partial charge on any atom is 0.159 e. The Bertz CT molecular complexity index is 274. The van der Waals surface area contributed by atoms with E-state index in [-0.39, 0.29) is 6.29 Å². The normalized spacial score (nSPS) is 48.3. The standard InChI is InChI=1S/C13H20O2/c1-9(2)12-14-7-13(8-15-12)6-10-3-4-11(13)5-10/h3-4,9-12H,5-8H2,1-2H3. The number of ether oxygens (including phenoxy) is 2. The average Bonchev–Trinajstić information content (AvgIpc) is 2.78. The summed E-state index contributed by atoms with van der Waals surface area (Å²) in [5, 5.41) is 0. The van der Waals surface area contributed by atoms with Crippen LogP contribution in [0.25, 0.3) is 0 Å². The third-order valence-electron chi connectivity index (χ3n) is 4.24. The Hall–Kier alpha value is -0.340. The predicted molar refractivity (Wildman–Crippen MR) is 58.3 cm³/mol. The molecule has 3 rings (SSSR count). The highest BCUT2D eigenvalue weighted by Crippen LogP contribution is 2.53. The molecular formula is C13H20O2. The van der Waals surface area contributed by atoms with Crippen molar-refractivity contribution in [2.24, 2.45) is 23.2 Å². The van der Waals surface area contributed by atoms with Crippen LogP contribution in [0, 0.1) is 23.2 Å². The van der Waals surface area contributed by atoms with Gasteiger partial charge >= 0.3 is 0 Å². The smallest absolute Gasteiger partial charge is 0.159 e. The van der Waals surface area contributed by atoms with E-state index in [4.69, 9.17) is 9.47 Å². The Balaban J connectivity index is 1.69. The number of hydrogen-bond acceptors (Lipinski definition) is 2. The zero-order chi connectivity index (χ0) is 10.5. The van der Waals surface area contributed by atoms with Gasteiger partial charge in [0.25, 0.3) is 0 Å². The van der Waals surface area contributed by atoms with Crippen molar-refractivity contribution in [3.63, 3.8) is 0 Å². The van der Waals surface area contributed by atoms with Crippen molar-refractivity contribution in [2.75, 3.05) is 13.2 Å². The molecule has 84 valence electrons. The van der Waals surface area contributed by atoms with Crippen molar-refractivity contribution in [2.45, 2.75) is 33.0 Å². The van der Waals surface area contributed by atoms with Crippen LogP contribution < -0.4 is 0 Å². The number of allylic oxidation sites excluding steroid dienone is 2. The number of rotatable bonds is 1. The van der Waals surface area contributed by atoms with Gasteiger partial charge in [-0.15, -0.1) is 0 Å². The van der Waals surface area contributed by atoms with Gasteiger partial charge in [-0.1, -0.05) is 26.0 Å². The summed E-state index contributed by atoms with van der Waals surface area (Å²) in [7, 11) is 0. The van der Waals surface area contributed by atoms with Gasteiger partial charge in [-0.2, -0.15) is 0 Å². The molecule has 1 spiro atoms. The molecule has 2 bridgehead atoms. The molecule has 15 heavy (non-hydrogen) atoms. The summed E-state index contributed by atoms with van der Waals surface area (Å²) in [5.74, 6) is 1.99. The molecule has 2 aliphatic carbocycles. The Morgan fingerprint density at radius 3 is 2.40 bits per heavy atom. The van der Waals surface area contributed by atoms with Gasteiger partial charge in [0.05, 0.1) is 13.2 Å².